The molecule has 3 N–H and O–H groups in total. The first-order valence-corrected chi connectivity index (χ1v) is 5.71. The minimum atomic E-state index is -0.378. The standard InChI is InChI=1S/C14H15FN2O/c15-14-8-11(6-7-12(14)10-18)9-16-17-13-4-2-1-3-5-13/h1-8,16-18H,9-10H2. The summed E-state index contributed by atoms with van der Waals surface area (Å²) < 4.78 is 13.4. The summed E-state index contributed by atoms with van der Waals surface area (Å²) in [6, 6.07) is 14.5. The summed E-state index contributed by atoms with van der Waals surface area (Å²) in [5, 5.41) is 8.87. The number of rotatable bonds is 5. The lowest BCUT2D eigenvalue weighted by atomic mass is 10.1. The van der Waals surface area contributed by atoms with Crippen molar-refractivity contribution in [3.05, 3.63) is 65.5 Å². The van der Waals surface area contributed by atoms with Crippen molar-refractivity contribution in [1.82, 2.24) is 5.43 Å². The van der Waals surface area contributed by atoms with Gasteiger partial charge >= 0.3 is 0 Å². The molecule has 0 radical (unpaired) electrons. The van der Waals surface area contributed by atoms with Crippen molar-refractivity contribution in [2.75, 3.05) is 5.43 Å². The monoisotopic (exact) mass is 246 g/mol. The van der Waals surface area contributed by atoms with Gasteiger partial charge in [0.25, 0.3) is 0 Å². The Balaban J connectivity index is 1.89. The molecule has 0 aliphatic rings. The molecule has 0 aliphatic carbocycles. The molecule has 18 heavy (non-hydrogen) atoms. The summed E-state index contributed by atoms with van der Waals surface area (Å²) in [7, 11) is 0. The molecule has 0 unspecified atom stereocenters. The average molecular weight is 246 g/mol. The van der Waals surface area contributed by atoms with E-state index in [9.17, 15) is 4.39 Å². The molecule has 0 amide bonds. The molecule has 2 aromatic rings. The Kier molecular flexibility index (Phi) is 4.28. The highest BCUT2D eigenvalue weighted by Gasteiger charge is 2.01. The molecule has 2 aromatic carbocycles. The van der Waals surface area contributed by atoms with Gasteiger partial charge in [0.15, 0.2) is 0 Å². The van der Waals surface area contributed by atoms with Gasteiger partial charge in [0.1, 0.15) is 5.82 Å². The van der Waals surface area contributed by atoms with Crippen molar-refractivity contribution in [1.29, 1.82) is 0 Å². The number of para-hydroxylation sites is 1. The zero-order valence-electron chi connectivity index (χ0n) is 9.86. The van der Waals surface area contributed by atoms with Gasteiger partial charge in [-0.15, -0.1) is 0 Å². The maximum Gasteiger partial charge on any atom is 0.129 e. The van der Waals surface area contributed by atoms with Gasteiger partial charge in [-0.05, 0) is 23.8 Å². The Morgan fingerprint density at radius 3 is 2.50 bits per heavy atom. The highest BCUT2D eigenvalue weighted by molar-refractivity contribution is 5.41. The SMILES string of the molecule is OCc1ccc(CNNc2ccccc2)cc1F. The van der Waals surface area contributed by atoms with Crippen LogP contribution in [-0.4, -0.2) is 5.11 Å². The molecule has 3 nitrogen and oxygen atoms in total. The smallest absolute Gasteiger partial charge is 0.129 e. The van der Waals surface area contributed by atoms with E-state index < -0.39 is 0 Å². The number of anilines is 1. The van der Waals surface area contributed by atoms with Gasteiger partial charge in [0, 0.05) is 17.8 Å². The van der Waals surface area contributed by atoms with Gasteiger partial charge in [-0.2, -0.15) is 0 Å². The molecule has 0 saturated carbocycles. The normalized spacial score (nSPS) is 10.3. The lowest BCUT2D eigenvalue weighted by molar-refractivity contribution is 0.275. The zero-order valence-corrected chi connectivity index (χ0v) is 9.86. The van der Waals surface area contributed by atoms with Crippen molar-refractivity contribution >= 4 is 5.69 Å². The molecule has 0 bridgehead atoms. The maximum absolute atomic E-state index is 13.4. The van der Waals surface area contributed by atoms with Crippen molar-refractivity contribution in [2.45, 2.75) is 13.2 Å². The van der Waals surface area contributed by atoms with E-state index in [2.05, 4.69) is 10.9 Å². The number of benzene rings is 2. The Bertz CT molecular complexity index is 502. The number of hydrazine groups is 1. The zero-order chi connectivity index (χ0) is 12.8. The maximum atomic E-state index is 13.4. The lowest BCUT2D eigenvalue weighted by Gasteiger charge is -2.09. The Labute approximate surface area is 105 Å². The molecule has 94 valence electrons. The molecule has 0 aromatic heterocycles. The number of halogens is 1. The topological polar surface area (TPSA) is 44.3 Å². The minimum Gasteiger partial charge on any atom is -0.392 e. The summed E-state index contributed by atoms with van der Waals surface area (Å²) in [5.74, 6) is -0.378. The molecular formula is C14H15FN2O. The van der Waals surface area contributed by atoms with Crippen LogP contribution >= 0.6 is 0 Å². The fraction of sp³-hybridized carbons (Fsp3) is 0.143. The second-order valence-electron chi connectivity index (χ2n) is 3.93. The van der Waals surface area contributed by atoms with E-state index in [4.69, 9.17) is 5.11 Å². The highest BCUT2D eigenvalue weighted by atomic mass is 19.1. The van der Waals surface area contributed by atoms with Gasteiger partial charge in [-0.25, -0.2) is 9.82 Å². The van der Waals surface area contributed by atoms with Crippen molar-refractivity contribution < 1.29 is 9.50 Å². The van der Waals surface area contributed by atoms with E-state index >= 15 is 0 Å². The van der Waals surface area contributed by atoms with Crippen LogP contribution in [0.3, 0.4) is 0 Å². The van der Waals surface area contributed by atoms with Crippen LogP contribution in [-0.2, 0) is 13.2 Å². The molecule has 0 fully saturated rings. The van der Waals surface area contributed by atoms with E-state index in [1.54, 1.807) is 12.1 Å². The number of hydrogen-bond donors (Lipinski definition) is 3. The van der Waals surface area contributed by atoms with Crippen LogP contribution < -0.4 is 10.9 Å². The van der Waals surface area contributed by atoms with Crippen molar-refractivity contribution in [3.63, 3.8) is 0 Å². The Morgan fingerprint density at radius 2 is 1.83 bits per heavy atom. The van der Waals surface area contributed by atoms with E-state index in [0.29, 0.717) is 12.1 Å². The lowest BCUT2D eigenvalue weighted by Crippen LogP contribution is -2.20. The molecule has 2 rings (SSSR count). The second kappa shape index (κ2) is 6.14. The molecule has 0 aliphatic heterocycles. The molecule has 0 heterocycles. The van der Waals surface area contributed by atoms with E-state index in [-0.39, 0.29) is 12.4 Å². The molecular weight excluding hydrogens is 231 g/mol. The summed E-state index contributed by atoms with van der Waals surface area (Å²) in [6.45, 7) is 0.222. The van der Waals surface area contributed by atoms with Crippen LogP contribution in [0.5, 0.6) is 0 Å². The van der Waals surface area contributed by atoms with Gasteiger partial charge in [0.05, 0.1) is 6.61 Å². The van der Waals surface area contributed by atoms with Crippen LogP contribution in [0, 0.1) is 5.82 Å². The number of hydrogen-bond acceptors (Lipinski definition) is 3. The molecule has 0 spiro atoms. The molecule has 0 atom stereocenters. The first kappa shape index (κ1) is 12.5. The first-order chi connectivity index (χ1) is 8.79. The largest absolute Gasteiger partial charge is 0.392 e. The number of nitrogens with one attached hydrogen (secondary N) is 2. The van der Waals surface area contributed by atoms with Crippen LogP contribution in [0.4, 0.5) is 10.1 Å². The highest BCUT2D eigenvalue weighted by Crippen LogP contribution is 2.10. The van der Waals surface area contributed by atoms with Gasteiger partial charge < -0.3 is 10.5 Å². The minimum absolute atomic E-state index is 0.276. The van der Waals surface area contributed by atoms with Crippen LogP contribution in [0.2, 0.25) is 0 Å². The van der Waals surface area contributed by atoms with Gasteiger partial charge in [-0.1, -0.05) is 30.3 Å². The van der Waals surface area contributed by atoms with E-state index in [1.165, 1.54) is 6.07 Å². The van der Waals surface area contributed by atoms with Crippen LogP contribution in [0.25, 0.3) is 0 Å². The third-order valence-electron chi connectivity index (χ3n) is 2.59. The van der Waals surface area contributed by atoms with Gasteiger partial charge in [0.2, 0.25) is 0 Å². The average Bonchev–Trinajstić information content (AvgIpc) is 2.40. The Morgan fingerprint density at radius 1 is 1.06 bits per heavy atom. The summed E-state index contributed by atoms with van der Waals surface area (Å²) in [4.78, 5) is 0. The third kappa shape index (κ3) is 3.29. The summed E-state index contributed by atoms with van der Waals surface area (Å²) in [5.41, 5.74) is 8.10. The molecule has 4 heteroatoms. The first-order valence-electron chi connectivity index (χ1n) is 5.71. The van der Waals surface area contributed by atoms with Crippen molar-refractivity contribution in [2.24, 2.45) is 0 Å². The van der Waals surface area contributed by atoms with Crippen LogP contribution in [0.1, 0.15) is 11.1 Å². The van der Waals surface area contributed by atoms with Crippen molar-refractivity contribution in [3.8, 4) is 0 Å². The summed E-state index contributed by atoms with van der Waals surface area (Å²) >= 11 is 0. The van der Waals surface area contributed by atoms with E-state index in [0.717, 1.165) is 11.3 Å². The Hall–Kier alpha value is -1.91. The number of aliphatic hydroxyl groups is 1. The van der Waals surface area contributed by atoms with E-state index in [1.807, 2.05) is 30.3 Å². The quantitative estimate of drug-likeness (QED) is 0.710. The predicted octanol–water partition coefficient (Wildman–Crippen LogP) is 2.43. The molecule has 0 saturated heterocycles. The summed E-state index contributed by atoms with van der Waals surface area (Å²) in [6.07, 6.45) is 0. The fourth-order valence-electron chi connectivity index (χ4n) is 1.60. The fourth-order valence-corrected chi connectivity index (χ4v) is 1.60. The predicted molar refractivity (Wildman–Crippen MR) is 69.2 cm³/mol. The number of aliphatic hydroxyl groups excluding tert-OH is 1. The third-order valence-corrected chi connectivity index (χ3v) is 2.59. The second-order valence-corrected chi connectivity index (χ2v) is 3.93. The van der Waals surface area contributed by atoms with Crippen LogP contribution in [0.15, 0.2) is 48.5 Å². The van der Waals surface area contributed by atoms with Gasteiger partial charge in [-0.3, -0.25) is 0 Å².